The van der Waals surface area contributed by atoms with Crippen LogP contribution in [0.5, 0.6) is 0 Å². The molecule has 0 bridgehead atoms. The van der Waals surface area contributed by atoms with Crippen LogP contribution in [0.2, 0.25) is 0 Å². The third-order valence-corrected chi connectivity index (χ3v) is 7.71. The second-order valence-electron chi connectivity index (χ2n) is 10.1. The van der Waals surface area contributed by atoms with Crippen LogP contribution >= 0.6 is 0 Å². The van der Waals surface area contributed by atoms with Crippen LogP contribution in [0.25, 0.3) is 38.9 Å². The van der Waals surface area contributed by atoms with Gasteiger partial charge in [-0.05, 0) is 67.1 Å². The molecule has 2 saturated heterocycles. The van der Waals surface area contributed by atoms with Crippen molar-refractivity contribution in [2.75, 3.05) is 31.1 Å². The van der Waals surface area contributed by atoms with Gasteiger partial charge in [0.15, 0.2) is 0 Å². The van der Waals surface area contributed by atoms with Crippen LogP contribution in [0, 0.1) is 25.7 Å². The Balaban J connectivity index is 1.24. The summed E-state index contributed by atoms with van der Waals surface area (Å²) < 4.78 is 2.16. The summed E-state index contributed by atoms with van der Waals surface area (Å²) in [4.78, 5) is 16.8. The van der Waals surface area contributed by atoms with E-state index in [2.05, 4.69) is 70.2 Å². The maximum atomic E-state index is 4.91. The molecule has 0 amide bonds. The molecule has 2 atom stereocenters. The van der Waals surface area contributed by atoms with Gasteiger partial charge in [-0.3, -0.25) is 9.38 Å². The van der Waals surface area contributed by atoms with Gasteiger partial charge in [-0.15, -0.1) is 0 Å². The van der Waals surface area contributed by atoms with Crippen molar-refractivity contribution in [3.63, 3.8) is 0 Å². The van der Waals surface area contributed by atoms with Gasteiger partial charge < -0.3 is 10.2 Å². The summed E-state index contributed by atoms with van der Waals surface area (Å²) in [7, 11) is 0. The zero-order valence-electron chi connectivity index (χ0n) is 20.1. The second-order valence-corrected chi connectivity index (χ2v) is 10.1. The Morgan fingerprint density at radius 3 is 2.54 bits per heavy atom. The first-order valence-corrected chi connectivity index (χ1v) is 12.4. The number of pyridine rings is 3. The third kappa shape index (κ3) is 3.40. The Labute approximate surface area is 204 Å². The first-order valence-electron chi connectivity index (χ1n) is 12.4. The van der Waals surface area contributed by atoms with Gasteiger partial charge in [-0.1, -0.05) is 18.2 Å². The summed E-state index contributed by atoms with van der Waals surface area (Å²) in [6.45, 7) is 8.72. The molecular formula is C29H28N6. The maximum Gasteiger partial charge on any atom is 0.137 e. The molecule has 2 aliphatic heterocycles. The zero-order chi connectivity index (χ0) is 23.5. The molecule has 0 aliphatic carbocycles. The minimum atomic E-state index is 0.759. The molecule has 4 aromatic heterocycles. The highest BCUT2D eigenvalue weighted by Gasteiger charge is 2.36. The Morgan fingerprint density at radius 2 is 1.71 bits per heavy atom. The van der Waals surface area contributed by atoms with E-state index in [-0.39, 0.29) is 0 Å². The van der Waals surface area contributed by atoms with Crippen molar-refractivity contribution in [3.05, 3.63) is 78.4 Å². The van der Waals surface area contributed by atoms with E-state index in [1.807, 2.05) is 25.4 Å². The van der Waals surface area contributed by atoms with E-state index in [9.17, 15) is 0 Å². The lowest BCUT2D eigenvalue weighted by Crippen LogP contribution is -2.26. The molecule has 6 heterocycles. The lowest BCUT2D eigenvalue weighted by molar-refractivity contribution is 0.533. The highest BCUT2D eigenvalue weighted by atomic mass is 15.2. The van der Waals surface area contributed by atoms with Crippen molar-refractivity contribution in [1.29, 1.82) is 0 Å². The molecule has 0 radical (unpaired) electrons. The first kappa shape index (κ1) is 20.6. The number of fused-ring (bicyclic) bond motifs is 3. The van der Waals surface area contributed by atoms with Gasteiger partial charge >= 0.3 is 0 Å². The Bertz CT molecular complexity index is 1570. The minimum Gasteiger partial charge on any atom is -0.356 e. The van der Waals surface area contributed by atoms with Crippen molar-refractivity contribution in [1.82, 2.24) is 24.7 Å². The van der Waals surface area contributed by atoms with Crippen molar-refractivity contribution < 1.29 is 0 Å². The zero-order valence-corrected chi connectivity index (χ0v) is 20.1. The van der Waals surface area contributed by atoms with Crippen molar-refractivity contribution in [2.24, 2.45) is 11.8 Å². The molecule has 2 fully saturated rings. The molecule has 5 aromatic rings. The first-order chi connectivity index (χ1) is 17.1. The number of imidazole rings is 1. The van der Waals surface area contributed by atoms with Gasteiger partial charge in [-0.25, -0.2) is 9.97 Å². The highest BCUT2D eigenvalue weighted by molar-refractivity contribution is 5.94. The van der Waals surface area contributed by atoms with E-state index in [1.165, 1.54) is 5.56 Å². The molecular weight excluding hydrogens is 432 g/mol. The van der Waals surface area contributed by atoms with E-state index >= 15 is 0 Å². The monoisotopic (exact) mass is 460 g/mol. The molecule has 35 heavy (non-hydrogen) atoms. The van der Waals surface area contributed by atoms with E-state index in [1.54, 1.807) is 0 Å². The summed E-state index contributed by atoms with van der Waals surface area (Å²) >= 11 is 0. The number of benzene rings is 1. The summed E-state index contributed by atoms with van der Waals surface area (Å²) in [6, 6.07) is 17.0. The summed E-state index contributed by atoms with van der Waals surface area (Å²) in [5, 5.41) is 4.66. The van der Waals surface area contributed by atoms with Crippen LogP contribution in [-0.4, -0.2) is 45.5 Å². The van der Waals surface area contributed by atoms with E-state index in [4.69, 9.17) is 15.0 Å². The standard InChI is InChI=1S/C29H28N6/c1-18-9-21(14-32-29(18)34-16-22-12-30-13-23(22)17-34)20-7-8-35-27(15-31-28(35)11-20)25-10-19(2)33-26-6-4-3-5-24(25)26/h3-11,14-15,22-23,30H,12-13,16-17H2,1-2H3. The van der Waals surface area contributed by atoms with Gasteiger partial charge in [-0.2, -0.15) is 0 Å². The fraction of sp³-hybridized carbons (Fsp3) is 0.276. The Hall–Kier alpha value is -3.77. The van der Waals surface area contributed by atoms with Crippen LogP contribution in [0.1, 0.15) is 11.3 Å². The average Bonchev–Trinajstić information content (AvgIpc) is 3.58. The van der Waals surface area contributed by atoms with Crippen LogP contribution in [0.15, 0.2) is 67.1 Å². The minimum absolute atomic E-state index is 0.759. The molecule has 0 spiro atoms. The molecule has 2 unspecified atom stereocenters. The third-order valence-electron chi connectivity index (χ3n) is 7.71. The molecule has 7 rings (SSSR count). The van der Waals surface area contributed by atoms with Crippen molar-refractivity contribution >= 4 is 22.4 Å². The molecule has 1 N–H and O–H groups in total. The Morgan fingerprint density at radius 1 is 0.886 bits per heavy atom. The molecule has 174 valence electrons. The summed E-state index contributed by atoms with van der Waals surface area (Å²) in [6.07, 6.45) is 6.10. The predicted molar refractivity (Wildman–Crippen MR) is 141 cm³/mol. The van der Waals surface area contributed by atoms with Crippen molar-refractivity contribution in [2.45, 2.75) is 13.8 Å². The Kier molecular flexibility index (Phi) is 4.64. The maximum absolute atomic E-state index is 4.91. The lowest BCUT2D eigenvalue weighted by Gasteiger charge is -2.21. The normalized spacial score (nSPS) is 19.7. The van der Waals surface area contributed by atoms with Gasteiger partial charge in [0.2, 0.25) is 0 Å². The number of hydrogen-bond donors (Lipinski definition) is 1. The molecule has 0 saturated carbocycles. The van der Waals surface area contributed by atoms with Gasteiger partial charge in [0.25, 0.3) is 0 Å². The van der Waals surface area contributed by atoms with Crippen molar-refractivity contribution in [3.8, 4) is 22.4 Å². The van der Waals surface area contributed by atoms with Crippen LogP contribution in [0.3, 0.4) is 0 Å². The van der Waals surface area contributed by atoms with Crippen LogP contribution in [0.4, 0.5) is 5.82 Å². The smallest absolute Gasteiger partial charge is 0.137 e. The number of rotatable bonds is 3. The van der Waals surface area contributed by atoms with E-state index < -0.39 is 0 Å². The number of anilines is 1. The number of para-hydroxylation sites is 1. The topological polar surface area (TPSA) is 58.4 Å². The predicted octanol–water partition coefficient (Wildman–Crippen LogP) is 4.88. The quantitative estimate of drug-likeness (QED) is 0.416. The highest BCUT2D eigenvalue weighted by Crippen LogP contribution is 2.34. The number of nitrogens with one attached hydrogen (secondary N) is 1. The molecule has 6 nitrogen and oxygen atoms in total. The SMILES string of the molecule is Cc1cc(-c2cnc3cc(-c4cnc(N5CC6CNCC6C5)c(C)c4)ccn23)c2ccccc2n1. The van der Waals surface area contributed by atoms with E-state index in [0.717, 1.165) is 88.5 Å². The average molecular weight is 461 g/mol. The number of aryl methyl sites for hydroxylation is 2. The number of nitrogens with zero attached hydrogens (tertiary/aromatic N) is 5. The van der Waals surface area contributed by atoms with Gasteiger partial charge in [0.1, 0.15) is 11.5 Å². The fourth-order valence-electron chi connectivity index (χ4n) is 5.96. The van der Waals surface area contributed by atoms with Gasteiger partial charge in [0.05, 0.1) is 17.4 Å². The van der Waals surface area contributed by atoms with Crippen LogP contribution in [-0.2, 0) is 0 Å². The molecule has 1 aromatic carbocycles. The lowest BCUT2D eigenvalue weighted by atomic mass is 10.0. The van der Waals surface area contributed by atoms with E-state index in [0.29, 0.717) is 0 Å². The summed E-state index contributed by atoms with van der Waals surface area (Å²) in [5.74, 6) is 2.65. The fourth-order valence-corrected chi connectivity index (χ4v) is 5.96. The number of aromatic nitrogens is 4. The number of hydrogen-bond acceptors (Lipinski definition) is 5. The summed E-state index contributed by atoms with van der Waals surface area (Å²) in [5.41, 5.74) is 8.67. The van der Waals surface area contributed by atoms with Gasteiger partial charge in [0, 0.05) is 60.8 Å². The second kappa shape index (κ2) is 7.89. The molecule has 2 aliphatic rings. The molecule has 6 heteroatoms. The largest absolute Gasteiger partial charge is 0.356 e. The van der Waals surface area contributed by atoms with Crippen LogP contribution < -0.4 is 10.2 Å².